The molecule has 6 atom stereocenters. The Bertz CT molecular complexity index is 642. The normalized spacial score (nSPS) is 20.5. The molecule has 0 aromatic rings. The van der Waals surface area contributed by atoms with E-state index < -0.39 is 35.9 Å². The van der Waals surface area contributed by atoms with Crippen LogP contribution in [0.25, 0.3) is 0 Å². The molecule has 5 N–H and O–H groups in total. The fourth-order valence-corrected chi connectivity index (χ4v) is 4.04. The van der Waals surface area contributed by atoms with Crippen LogP contribution in [-0.4, -0.2) is 71.5 Å². The minimum Gasteiger partial charge on any atom is -0.480 e. The molecule has 32 heavy (non-hydrogen) atoms. The van der Waals surface area contributed by atoms with Gasteiger partial charge in [-0.2, -0.15) is 11.8 Å². The number of thioether (sulfide) groups is 1. The first-order chi connectivity index (χ1) is 15.2. The van der Waals surface area contributed by atoms with E-state index in [9.17, 15) is 24.3 Å². The summed E-state index contributed by atoms with van der Waals surface area (Å²) in [5.74, 6) is -2.05. The lowest BCUT2D eigenvalue weighted by Crippen LogP contribution is -2.59. The van der Waals surface area contributed by atoms with Crippen molar-refractivity contribution < 1.29 is 24.3 Å². The summed E-state index contributed by atoms with van der Waals surface area (Å²) in [4.78, 5) is 50.3. The van der Waals surface area contributed by atoms with Gasteiger partial charge in [-0.25, -0.2) is 4.79 Å². The zero-order valence-corrected chi connectivity index (χ0v) is 20.7. The molecule has 1 heterocycles. The van der Waals surface area contributed by atoms with Gasteiger partial charge in [-0.15, -0.1) is 0 Å². The number of hydrogen-bond donors (Lipinski definition) is 5. The molecule has 184 valence electrons. The SMILES string of the molecule is CCC(C)C(NC(=O)C(NC(=O)C(CCSC)NC(=O)C1CCCN1)C(C)CC)C(=O)O. The number of carbonyl (C=O) groups excluding carboxylic acids is 3. The van der Waals surface area contributed by atoms with Crippen LogP contribution in [0.2, 0.25) is 0 Å². The second-order valence-electron chi connectivity index (χ2n) is 8.57. The molecule has 0 bridgehead atoms. The van der Waals surface area contributed by atoms with E-state index in [0.717, 1.165) is 19.4 Å². The molecule has 0 aliphatic carbocycles. The van der Waals surface area contributed by atoms with Crippen LogP contribution in [0.1, 0.15) is 59.8 Å². The maximum atomic E-state index is 13.1. The number of hydrogen-bond acceptors (Lipinski definition) is 6. The number of aliphatic carboxylic acids is 1. The lowest BCUT2D eigenvalue weighted by molar-refractivity contribution is -0.144. The summed E-state index contributed by atoms with van der Waals surface area (Å²) in [7, 11) is 0. The Morgan fingerprint density at radius 1 is 1.00 bits per heavy atom. The smallest absolute Gasteiger partial charge is 0.326 e. The van der Waals surface area contributed by atoms with Gasteiger partial charge in [-0.1, -0.05) is 40.5 Å². The average Bonchev–Trinajstić information content (AvgIpc) is 3.31. The Hall–Kier alpha value is -1.81. The standard InChI is InChI=1S/C22H40N4O5S/c1-6-13(3)17(21(29)26-18(22(30)31)14(4)7-2)25-20(28)16(10-12-32-5)24-19(27)15-9-8-11-23-15/h13-18,23H,6-12H2,1-5H3,(H,24,27)(H,25,28)(H,26,29)(H,30,31). The van der Waals surface area contributed by atoms with Gasteiger partial charge >= 0.3 is 5.97 Å². The fourth-order valence-electron chi connectivity index (χ4n) is 3.57. The van der Waals surface area contributed by atoms with E-state index in [1.54, 1.807) is 18.7 Å². The lowest BCUT2D eigenvalue weighted by atomic mass is 9.95. The topological polar surface area (TPSA) is 137 Å². The molecule has 0 spiro atoms. The van der Waals surface area contributed by atoms with Crippen LogP contribution in [0.5, 0.6) is 0 Å². The van der Waals surface area contributed by atoms with Crippen molar-refractivity contribution in [2.45, 2.75) is 84.0 Å². The van der Waals surface area contributed by atoms with Gasteiger partial charge in [0, 0.05) is 0 Å². The Kier molecular flexibility index (Phi) is 12.7. The van der Waals surface area contributed by atoms with Crippen LogP contribution in [-0.2, 0) is 19.2 Å². The first-order valence-electron chi connectivity index (χ1n) is 11.5. The third kappa shape index (κ3) is 8.61. The molecular formula is C22H40N4O5S. The van der Waals surface area contributed by atoms with Crippen LogP contribution >= 0.6 is 11.8 Å². The average molecular weight is 473 g/mol. The second-order valence-corrected chi connectivity index (χ2v) is 9.56. The number of nitrogens with one attached hydrogen (secondary N) is 4. The summed E-state index contributed by atoms with van der Waals surface area (Å²) >= 11 is 1.57. The Labute approximate surface area is 195 Å². The molecule has 0 aromatic carbocycles. The highest BCUT2D eigenvalue weighted by atomic mass is 32.2. The minimum absolute atomic E-state index is 0.210. The first kappa shape index (κ1) is 28.2. The van der Waals surface area contributed by atoms with Crippen molar-refractivity contribution in [3.63, 3.8) is 0 Å². The summed E-state index contributed by atoms with van der Waals surface area (Å²) in [6.07, 6.45) is 5.21. The van der Waals surface area contributed by atoms with Gasteiger partial charge in [0.2, 0.25) is 17.7 Å². The van der Waals surface area contributed by atoms with Crippen molar-refractivity contribution in [2.24, 2.45) is 11.8 Å². The van der Waals surface area contributed by atoms with Gasteiger partial charge < -0.3 is 26.4 Å². The largest absolute Gasteiger partial charge is 0.480 e. The van der Waals surface area contributed by atoms with Crippen molar-refractivity contribution in [2.75, 3.05) is 18.6 Å². The van der Waals surface area contributed by atoms with Crippen LogP contribution in [0.15, 0.2) is 0 Å². The summed E-state index contributed by atoms with van der Waals surface area (Å²) in [6.45, 7) is 8.14. The highest BCUT2D eigenvalue weighted by Gasteiger charge is 2.34. The predicted molar refractivity (Wildman–Crippen MR) is 126 cm³/mol. The van der Waals surface area contributed by atoms with Crippen molar-refractivity contribution in [1.29, 1.82) is 0 Å². The summed E-state index contributed by atoms with van der Waals surface area (Å²) in [5, 5.41) is 20.9. The minimum atomic E-state index is -1.10. The highest BCUT2D eigenvalue weighted by molar-refractivity contribution is 7.98. The van der Waals surface area contributed by atoms with Gasteiger partial charge in [0.25, 0.3) is 0 Å². The highest BCUT2D eigenvalue weighted by Crippen LogP contribution is 2.13. The van der Waals surface area contributed by atoms with Crippen molar-refractivity contribution in [3.8, 4) is 0 Å². The van der Waals surface area contributed by atoms with Gasteiger partial charge in [0.1, 0.15) is 18.1 Å². The molecule has 1 fully saturated rings. The molecule has 3 amide bonds. The first-order valence-corrected chi connectivity index (χ1v) is 12.9. The molecular weight excluding hydrogens is 432 g/mol. The molecule has 1 aliphatic rings. The zero-order chi connectivity index (χ0) is 24.3. The van der Waals surface area contributed by atoms with E-state index >= 15 is 0 Å². The molecule has 0 radical (unpaired) electrons. The van der Waals surface area contributed by atoms with Crippen molar-refractivity contribution in [3.05, 3.63) is 0 Å². The number of amides is 3. The maximum Gasteiger partial charge on any atom is 0.326 e. The Balaban J connectivity index is 2.94. The number of carbonyl (C=O) groups is 4. The maximum absolute atomic E-state index is 13.1. The summed E-state index contributed by atoms with van der Waals surface area (Å²) in [6, 6.07) is -2.99. The van der Waals surface area contributed by atoms with Gasteiger partial charge in [-0.05, 0) is 49.7 Å². The quantitative estimate of drug-likeness (QED) is 0.255. The van der Waals surface area contributed by atoms with Crippen LogP contribution in [0, 0.1) is 11.8 Å². The summed E-state index contributed by atoms with van der Waals surface area (Å²) in [5.41, 5.74) is 0. The number of rotatable bonds is 14. The molecule has 0 aromatic heterocycles. The number of carboxylic acids is 1. The molecule has 0 saturated carbocycles. The monoisotopic (exact) mass is 472 g/mol. The van der Waals surface area contributed by atoms with Crippen molar-refractivity contribution in [1.82, 2.24) is 21.3 Å². The van der Waals surface area contributed by atoms with Crippen LogP contribution < -0.4 is 21.3 Å². The van der Waals surface area contributed by atoms with E-state index in [-0.39, 0.29) is 23.8 Å². The van der Waals surface area contributed by atoms with E-state index in [2.05, 4.69) is 21.3 Å². The van der Waals surface area contributed by atoms with E-state index in [0.29, 0.717) is 25.0 Å². The third-order valence-electron chi connectivity index (χ3n) is 6.19. The summed E-state index contributed by atoms with van der Waals surface area (Å²) < 4.78 is 0. The number of carboxylic acid groups (broad SMARTS) is 1. The molecule has 10 heteroatoms. The van der Waals surface area contributed by atoms with E-state index in [1.807, 2.05) is 27.0 Å². The van der Waals surface area contributed by atoms with Crippen LogP contribution in [0.3, 0.4) is 0 Å². The van der Waals surface area contributed by atoms with E-state index in [4.69, 9.17) is 0 Å². The van der Waals surface area contributed by atoms with Crippen LogP contribution in [0.4, 0.5) is 0 Å². The molecule has 1 rings (SSSR count). The molecule has 1 aliphatic heterocycles. The van der Waals surface area contributed by atoms with E-state index in [1.165, 1.54) is 0 Å². The second kappa shape index (κ2) is 14.4. The Morgan fingerprint density at radius 3 is 2.09 bits per heavy atom. The lowest BCUT2D eigenvalue weighted by Gasteiger charge is -2.29. The van der Waals surface area contributed by atoms with Gasteiger partial charge in [-0.3, -0.25) is 14.4 Å². The third-order valence-corrected chi connectivity index (χ3v) is 6.83. The predicted octanol–water partition coefficient (Wildman–Crippen LogP) is 1.12. The van der Waals surface area contributed by atoms with Crippen molar-refractivity contribution >= 4 is 35.5 Å². The molecule has 6 unspecified atom stereocenters. The Morgan fingerprint density at radius 2 is 1.59 bits per heavy atom. The zero-order valence-electron chi connectivity index (χ0n) is 19.9. The molecule has 9 nitrogen and oxygen atoms in total. The molecule has 1 saturated heterocycles. The van der Waals surface area contributed by atoms with Gasteiger partial charge in [0.05, 0.1) is 6.04 Å². The van der Waals surface area contributed by atoms with Gasteiger partial charge in [0.15, 0.2) is 0 Å². The fraction of sp³-hybridized carbons (Fsp3) is 0.818.